The number of nitrogens with one attached hydrogen (secondary N) is 2. The number of hydrogen-bond acceptors (Lipinski definition) is 4. The standard InChI is InChI=1S/C23H28N4/c1-19-26-22(24-16-8-14-20-10-4-2-5-11-20)18-23(27-19)25-17-9-15-21-12-6-3-7-13-21/h2-7,10-13,18H,8-9,14-17H2,1H3,(H2,24,25,26,27). The minimum atomic E-state index is 0.786. The molecule has 0 unspecified atom stereocenters. The van der Waals surface area contributed by atoms with Crippen LogP contribution in [0.5, 0.6) is 0 Å². The monoisotopic (exact) mass is 360 g/mol. The van der Waals surface area contributed by atoms with E-state index in [1.54, 1.807) is 0 Å². The third-order valence-corrected chi connectivity index (χ3v) is 4.42. The van der Waals surface area contributed by atoms with Crippen LogP contribution >= 0.6 is 0 Å². The van der Waals surface area contributed by atoms with Gasteiger partial charge in [-0.05, 0) is 43.7 Å². The van der Waals surface area contributed by atoms with Gasteiger partial charge in [-0.15, -0.1) is 0 Å². The summed E-state index contributed by atoms with van der Waals surface area (Å²) < 4.78 is 0. The summed E-state index contributed by atoms with van der Waals surface area (Å²) in [4.78, 5) is 8.98. The van der Waals surface area contributed by atoms with Crippen LogP contribution < -0.4 is 10.6 Å². The summed E-state index contributed by atoms with van der Waals surface area (Å²) in [6, 6.07) is 23.2. The van der Waals surface area contributed by atoms with Gasteiger partial charge in [0.25, 0.3) is 0 Å². The van der Waals surface area contributed by atoms with E-state index < -0.39 is 0 Å². The summed E-state index contributed by atoms with van der Waals surface area (Å²) in [6.45, 7) is 3.74. The van der Waals surface area contributed by atoms with Gasteiger partial charge in [-0.1, -0.05) is 60.7 Å². The Bertz CT molecular complexity index is 737. The van der Waals surface area contributed by atoms with Crippen LogP contribution in [-0.2, 0) is 12.8 Å². The second-order valence-electron chi connectivity index (χ2n) is 6.72. The molecule has 4 nitrogen and oxygen atoms in total. The highest BCUT2D eigenvalue weighted by Gasteiger charge is 2.02. The number of anilines is 2. The van der Waals surface area contributed by atoms with Gasteiger partial charge in [0.05, 0.1) is 0 Å². The molecule has 1 aromatic heterocycles. The summed E-state index contributed by atoms with van der Waals surface area (Å²) in [5, 5.41) is 6.84. The van der Waals surface area contributed by atoms with Crippen LogP contribution in [0.3, 0.4) is 0 Å². The molecule has 0 fully saturated rings. The molecule has 0 bridgehead atoms. The van der Waals surface area contributed by atoms with E-state index >= 15 is 0 Å². The van der Waals surface area contributed by atoms with Gasteiger partial charge >= 0.3 is 0 Å². The highest BCUT2D eigenvalue weighted by Crippen LogP contribution is 2.12. The molecule has 0 aliphatic heterocycles. The maximum absolute atomic E-state index is 4.49. The third-order valence-electron chi connectivity index (χ3n) is 4.42. The second-order valence-corrected chi connectivity index (χ2v) is 6.72. The predicted octanol–water partition coefficient (Wildman–Crippen LogP) is 4.87. The molecular weight excluding hydrogens is 332 g/mol. The van der Waals surface area contributed by atoms with E-state index in [4.69, 9.17) is 0 Å². The van der Waals surface area contributed by atoms with Crippen molar-refractivity contribution in [2.75, 3.05) is 23.7 Å². The maximum Gasteiger partial charge on any atom is 0.131 e. The highest BCUT2D eigenvalue weighted by atomic mass is 15.1. The molecule has 3 aromatic rings. The number of aryl methyl sites for hydroxylation is 3. The van der Waals surface area contributed by atoms with Crippen LogP contribution in [-0.4, -0.2) is 23.1 Å². The Morgan fingerprint density at radius 1 is 0.667 bits per heavy atom. The molecule has 0 saturated carbocycles. The third kappa shape index (κ3) is 6.74. The lowest BCUT2D eigenvalue weighted by Gasteiger charge is -2.10. The van der Waals surface area contributed by atoms with E-state index in [9.17, 15) is 0 Å². The van der Waals surface area contributed by atoms with Crippen molar-refractivity contribution in [3.05, 3.63) is 83.7 Å². The molecule has 0 radical (unpaired) electrons. The van der Waals surface area contributed by atoms with Gasteiger partial charge in [-0.25, -0.2) is 9.97 Å². The largest absolute Gasteiger partial charge is 0.370 e. The first-order valence-electron chi connectivity index (χ1n) is 9.71. The summed E-state index contributed by atoms with van der Waals surface area (Å²) in [7, 11) is 0. The molecule has 1 heterocycles. The van der Waals surface area contributed by atoms with Gasteiger partial charge in [0.2, 0.25) is 0 Å². The average Bonchev–Trinajstić information content (AvgIpc) is 2.70. The lowest BCUT2D eigenvalue weighted by molar-refractivity contribution is 0.849. The van der Waals surface area contributed by atoms with Crippen molar-refractivity contribution < 1.29 is 0 Å². The molecule has 3 rings (SSSR count). The fraction of sp³-hybridized carbons (Fsp3) is 0.304. The number of rotatable bonds is 10. The Balaban J connectivity index is 1.41. The van der Waals surface area contributed by atoms with Crippen molar-refractivity contribution in [1.29, 1.82) is 0 Å². The van der Waals surface area contributed by atoms with Gasteiger partial charge in [-0.3, -0.25) is 0 Å². The SMILES string of the molecule is Cc1nc(NCCCc2ccccc2)cc(NCCCc2ccccc2)n1. The van der Waals surface area contributed by atoms with Crippen LogP contribution in [0.2, 0.25) is 0 Å². The van der Waals surface area contributed by atoms with Crippen LogP contribution in [0.15, 0.2) is 66.7 Å². The number of hydrogen-bond donors (Lipinski definition) is 2. The zero-order valence-electron chi connectivity index (χ0n) is 16.0. The first-order chi connectivity index (χ1) is 13.3. The molecule has 2 N–H and O–H groups in total. The predicted molar refractivity (Wildman–Crippen MR) is 113 cm³/mol. The highest BCUT2D eigenvalue weighted by molar-refractivity contribution is 5.47. The summed E-state index contributed by atoms with van der Waals surface area (Å²) in [5.74, 6) is 2.57. The molecule has 2 aromatic carbocycles. The fourth-order valence-corrected chi connectivity index (χ4v) is 3.06. The Morgan fingerprint density at radius 3 is 1.56 bits per heavy atom. The first kappa shape index (κ1) is 18.9. The zero-order valence-corrected chi connectivity index (χ0v) is 16.0. The second kappa shape index (κ2) is 10.3. The van der Waals surface area contributed by atoms with E-state index in [-0.39, 0.29) is 0 Å². The quantitative estimate of drug-likeness (QED) is 0.506. The lowest BCUT2D eigenvalue weighted by Crippen LogP contribution is -2.09. The van der Waals surface area contributed by atoms with Crippen LogP contribution in [0.25, 0.3) is 0 Å². The molecule has 140 valence electrons. The normalized spacial score (nSPS) is 10.6. The first-order valence-corrected chi connectivity index (χ1v) is 9.71. The minimum Gasteiger partial charge on any atom is -0.370 e. The van der Waals surface area contributed by atoms with E-state index in [1.807, 2.05) is 13.0 Å². The van der Waals surface area contributed by atoms with E-state index in [0.717, 1.165) is 56.2 Å². The summed E-state index contributed by atoms with van der Waals surface area (Å²) in [5.41, 5.74) is 2.75. The molecule has 4 heteroatoms. The van der Waals surface area contributed by atoms with Crippen LogP contribution in [0.4, 0.5) is 11.6 Å². The minimum absolute atomic E-state index is 0.786. The summed E-state index contributed by atoms with van der Waals surface area (Å²) in [6.07, 6.45) is 4.30. The van der Waals surface area contributed by atoms with Crippen LogP contribution in [0.1, 0.15) is 29.8 Å². The average molecular weight is 361 g/mol. The molecule has 0 amide bonds. The number of nitrogens with zero attached hydrogens (tertiary/aromatic N) is 2. The zero-order chi connectivity index (χ0) is 18.7. The maximum atomic E-state index is 4.49. The van der Waals surface area contributed by atoms with Crippen molar-refractivity contribution >= 4 is 11.6 Å². The lowest BCUT2D eigenvalue weighted by atomic mass is 10.1. The van der Waals surface area contributed by atoms with Crippen molar-refractivity contribution in [1.82, 2.24) is 9.97 Å². The van der Waals surface area contributed by atoms with E-state index in [2.05, 4.69) is 81.3 Å². The van der Waals surface area contributed by atoms with Crippen molar-refractivity contribution in [2.45, 2.75) is 32.6 Å². The van der Waals surface area contributed by atoms with Gasteiger partial charge in [0, 0.05) is 19.2 Å². The van der Waals surface area contributed by atoms with E-state index in [1.165, 1.54) is 11.1 Å². The van der Waals surface area contributed by atoms with Gasteiger partial charge < -0.3 is 10.6 Å². The molecule has 0 saturated heterocycles. The number of benzene rings is 2. The molecular formula is C23H28N4. The summed E-state index contributed by atoms with van der Waals surface area (Å²) >= 11 is 0. The van der Waals surface area contributed by atoms with Crippen LogP contribution in [0, 0.1) is 6.92 Å². The Kier molecular flexibility index (Phi) is 7.22. The molecule has 0 aliphatic rings. The topological polar surface area (TPSA) is 49.8 Å². The van der Waals surface area contributed by atoms with Crippen molar-refractivity contribution in [2.24, 2.45) is 0 Å². The molecule has 0 spiro atoms. The Hall–Kier alpha value is -2.88. The van der Waals surface area contributed by atoms with Crippen molar-refractivity contribution in [3.63, 3.8) is 0 Å². The molecule has 27 heavy (non-hydrogen) atoms. The number of aromatic nitrogens is 2. The Morgan fingerprint density at radius 2 is 1.11 bits per heavy atom. The molecule has 0 atom stereocenters. The van der Waals surface area contributed by atoms with Gasteiger partial charge in [0.1, 0.15) is 17.5 Å². The van der Waals surface area contributed by atoms with Crippen molar-refractivity contribution in [3.8, 4) is 0 Å². The van der Waals surface area contributed by atoms with E-state index in [0.29, 0.717) is 0 Å². The smallest absolute Gasteiger partial charge is 0.131 e. The van der Waals surface area contributed by atoms with Gasteiger partial charge in [0.15, 0.2) is 0 Å². The van der Waals surface area contributed by atoms with Gasteiger partial charge in [-0.2, -0.15) is 0 Å². The Labute approximate surface area is 162 Å². The molecule has 0 aliphatic carbocycles. The fourth-order valence-electron chi connectivity index (χ4n) is 3.06.